The van der Waals surface area contributed by atoms with Gasteiger partial charge in [-0.1, -0.05) is 35.3 Å². The average Bonchev–Trinajstić information content (AvgIpc) is 2.62. The molecular formula is C19H24Cl2N4O. The van der Waals surface area contributed by atoms with Crippen molar-refractivity contribution < 1.29 is 0 Å². The van der Waals surface area contributed by atoms with Crippen LogP contribution in [0.1, 0.15) is 25.3 Å². The van der Waals surface area contributed by atoms with E-state index in [0.717, 1.165) is 44.0 Å². The van der Waals surface area contributed by atoms with Crippen LogP contribution in [0.5, 0.6) is 0 Å². The van der Waals surface area contributed by atoms with Crippen LogP contribution in [-0.2, 0) is 13.1 Å². The number of unbranched alkanes of at least 4 members (excludes halogenated alkanes) is 1. The van der Waals surface area contributed by atoms with Crippen molar-refractivity contribution in [2.75, 3.05) is 13.1 Å². The number of guanidine groups is 1. The first-order valence-corrected chi connectivity index (χ1v) is 9.47. The van der Waals surface area contributed by atoms with Crippen LogP contribution in [0, 0.1) is 0 Å². The summed E-state index contributed by atoms with van der Waals surface area (Å²) in [5.74, 6) is 0.746. The Bertz CT molecular complexity index is 789. The Balaban J connectivity index is 1.80. The van der Waals surface area contributed by atoms with Crippen molar-refractivity contribution in [3.05, 3.63) is 68.6 Å². The Morgan fingerprint density at radius 2 is 2.00 bits per heavy atom. The maximum Gasteiger partial charge on any atom is 0.250 e. The molecule has 1 heterocycles. The molecular weight excluding hydrogens is 371 g/mol. The van der Waals surface area contributed by atoms with Crippen molar-refractivity contribution in [3.63, 3.8) is 0 Å². The maximum atomic E-state index is 11.6. The molecule has 0 amide bonds. The van der Waals surface area contributed by atoms with Gasteiger partial charge in [-0.3, -0.25) is 4.79 Å². The summed E-state index contributed by atoms with van der Waals surface area (Å²) in [5.41, 5.74) is 0.965. The van der Waals surface area contributed by atoms with Crippen molar-refractivity contribution >= 4 is 29.2 Å². The highest BCUT2D eigenvalue weighted by Gasteiger charge is 2.02. The standard InChI is InChI=1S/C19H24Cl2N4O/c1-2-22-19(24-14-15-8-9-16(20)13-17(15)21)23-10-4-6-12-25-11-5-3-7-18(25)26/h3,5,7-9,11,13H,2,4,6,10,12,14H2,1H3,(H2,22,23,24). The van der Waals surface area contributed by atoms with E-state index in [1.165, 1.54) is 0 Å². The minimum atomic E-state index is 0.0372. The largest absolute Gasteiger partial charge is 0.357 e. The zero-order valence-corrected chi connectivity index (χ0v) is 16.4. The van der Waals surface area contributed by atoms with Crippen molar-refractivity contribution in [3.8, 4) is 0 Å². The number of benzene rings is 1. The average molecular weight is 395 g/mol. The van der Waals surface area contributed by atoms with Crippen LogP contribution in [0.15, 0.2) is 52.4 Å². The molecule has 2 N–H and O–H groups in total. The molecule has 0 aliphatic carbocycles. The van der Waals surface area contributed by atoms with Gasteiger partial charge in [-0.25, -0.2) is 4.99 Å². The summed E-state index contributed by atoms with van der Waals surface area (Å²) in [7, 11) is 0. The second-order valence-corrected chi connectivity index (χ2v) is 6.64. The van der Waals surface area contributed by atoms with Gasteiger partial charge in [-0.15, -0.1) is 0 Å². The number of hydrogen-bond donors (Lipinski definition) is 2. The smallest absolute Gasteiger partial charge is 0.250 e. The van der Waals surface area contributed by atoms with Gasteiger partial charge in [0, 0.05) is 41.9 Å². The van der Waals surface area contributed by atoms with Crippen molar-refractivity contribution in [1.29, 1.82) is 0 Å². The highest BCUT2D eigenvalue weighted by molar-refractivity contribution is 6.35. The number of rotatable bonds is 8. The third-order valence-electron chi connectivity index (χ3n) is 3.78. The van der Waals surface area contributed by atoms with Gasteiger partial charge in [0.2, 0.25) is 5.56 Å². The van der Waals surface area contributed by atoms with Crippen molar-refractivity contribution in [2.24, 2.45) is 4.99 Å². The van der Waals surface area contributed by atoms with E-state index in [2.05, 4.69) is 15.6 Å². The molecule has 0 aliphatic rings. The molecule has 5 nitrogen and oxygen atoms in total. The molecule has 0 aliphatic heterocycles. The minimum absolute atomic E-state index is 0.0372. The number of aliphatic imine (C=N–C) groups is 1. The number of nitrogens with zero attached hydrogens (tertiary/aromatic N) is 2. The van der Waals surface area contributed by atoms with Crippen molar-refractivity contribution in [1.82, 2.24) is 15.2 Å². The summed E-state index contributed by atoms with van der Waals surface area (Å²) < 4.78 is 1.72. The lowest BCUT2D eigenvalue weighted by Gasteiger charge is -2.12. The quantitative estimate of drug-likeness (QED) is 0.407. The Labute approximate surface area is 164 Å². The first kappa shape index (κ1) is 20.3. The molecule has 7 heteroatoms. The number of nitrogens with one attached hydrogen (secondary N) is 2. The lowest BCUT2D eigenvalue weighted by molar-refractivity contribution is 0.585. The summed E-state index contributed by atoms with van der Waals surface area (Å²) in [5, 5.41) is 7.75. The fourth-order valence-electron chi connectivity index (χ4n) is 2.42. The summed E-state index contributed by atoms with van der Waals surface area (Å²) in [6.07, 6.45) is 3.67. The van der Waals surface area contributed by atoms with Gasteiger partial charge >= 0.3 is 0 Å². The van der Waals surface area contributed by atoms with Gasteiger partial charge in [-0.2, -0.15) is 0 Å². The van der Waals surface area contributed by atoms with E-state index in [0.29, 0.717) is 16.6 Å². The van der Waals surface area contributed by atoms with E-state index in [1.807, 2.05) is 31.3 Å². The molecule has 0 bridgehead atoms. The van der Waals surface area contributed by atoms with Crippen LogP contribution in [0.2, 0.25) is 10.0 Å². The van der Waals surface area contributed by atoms with Gasteiger partial charge < -0.3 is 15.2 Å². The third-order valence-corrected chi connectivity index (χ3v) is 4.37. The second kappa shape index (κ2) is 10.9. The number of pyridine rings is 1. The van der Waals surface area contributed by atoms with Gasteiger partial charge in [-0.05, 0) is 43.5 Å². The number of hydrogen-bond acceptors (Lipinski definition) is 2. The fraction of sp³-hybridized carbons (Fsp3) is 0.368. The van der Waals surface area contributed by atoms with Crippen LogP contribution in [0.4, 0.5) is 0 Å². The van der Waals surface area contributed by atoms with Crippen molar-refractivity contribution in [2.45, 2.75) is 32.9 Å². The van der Waals surface area contributed by atoms with E-state index in [-0.39, 0.29) is 5.56 Å². The van der Waals surface area contributed by atoms with E-state index >= 15 is 0 Å². The lowest BCUT2D eigenvalue weighted by atomic mass is 10.2. The SMILES string of the molecule is CCNC(=NCc1ccc(Cl)cc1Cl)NCCCCn1ccccc1=O. The molecule has 26 heavy (non-hydrogen) atoms. The van der Waals surface area contributed by atoms with E-state index in [9.17, 15) is 4.79 Å². The molecule has 2 rings (SSSR count). The third kappa shape index (κ3) is 6.73. The van der Waals surface area contributed by atoms with E-state index in [1.54, 1.807) is 22.8 Å². The summed E-state index contributed by atoms with van der Waals surface area (Å²) in [4.78, 5) is 16.2. The van der Waals surface area contributed by atoms with Gasteiger partial charge in [0.05, 0.1) is 6.54 Å². The normalized spacial score (nSPS) is 11.4. The zero-order chi connectivity index (χ0) is 18.8. The van der Waals surface area contributed by atoms with Gasteiger partial charge in [0.1, 0.15) is 0 Å². The second-order valence-electron chi connectivity index (χ2n) is 5.80. The summed E-state index contributed by atoms with van der Waals surface area (Å²) in [6.45, 7) is 4.77. The molecule has 0 unspecified atom stereocenters. The maximum absolute atomic E-state index is 11.6. The lowest BCUT2D eigenvalue weighted by Crippen LogP contribution is -2.37. The van der Waals surface area contributed by atoms with E-state index in [4.69, 9.17) is 23.2 Å². The monoisotopic (exact) mass is 394 g/mol. The Morgan fingerprint density at radius 1 is 1.15 bits per heavy atom. The van der Waals surface area contributed by atoms with Crippen LogP contribution in [0.3, 0.4) is 0 Å². The Hall–Kier alpha value is -1.98. The first-order valence-electron chi connectivity index (χ1n) is 8.71. The molecule has 0 fully saturated rings. The number of aromatic nitrogens is 1. The fourth-order valence-corrected chi connectivity index (χ4v) is 2.88. The molecule has 0 atom stereocenters. The van der Waals surface area contributed by atoms with Crippen LogP contribution in [0.25, 0.3) is 0 Å². The predicted octanol–water partition coefficient (Wildman–Crippen LogP) is 3.69. The summed E-state index contributed by atoms with van der Waals surface area (Å²) in [6, 6.07) is 10.6. The Morgan fingerprint density at radius 3 is 2.73 bits per heavy atom. The van der Waals surface area contributed by atoms with E-state index < -0.39 is 0 Å². The highest BCUT2D eigenvalue weighted by Crippen LogP contribution is 2.21. The first-order chi connectivity index (χ1) is 12.6. The highest BCUT2D eigenvalue weighted by atomic mass is 35.5. The number of aryl methyl sites for hydroxylation is 1. The molecule has 2 aromatic rings. The molecule has 0 radical (unpaired) electrons. The van der Waals surface area contributed by atoms with Crippen LogP contribution in [-0.4, -0.2) is 23.6 Å². The molecule has 0 saturated carbocycles. The Kier molecular flexibility index (Phi) is 8.51. The topological polar surface area (TPSA) is 58.4 Å². The molecule has 1 aromatic carbocycles. The van der Waals surface area contributed by atoms with Gasteiger partial charge in [0.25, 0.3) is 0 Å². The minimum Gasteiger partial charge on any atom is -0.357 e. The number of halogens is 2. The summed E-state index contributed by atoms with van der Waals surface area (Å²) >= 11 is 12.1. The van der Waals surface area contributed by atoms with Gasteiger partial charge in [0.15, 0.2) is 5.96 Å². The molecule has 1 aromatic heterocycles. The zero-order valence-electron chi connectivity index (χ0n) is 14.8. The molecule has 0 saturated heterocycles. The van der Waals surface area contributed by atoms with Crippen LogP contribution >= 0.6 is 23.2 Å². The molecule has 140 valence electrons. The van der Waals surface area contributed by atoms with Crippen LogP contribution < -0.4 is 16.2 Å². The molecule has 0 spiro atoms. The predicted molar refractivity (Wildman–Crippen MR) is 109 cm³/mol.